The van der Waals surface area contributed by atoms with E-state index < -0.39 is 24.3 Å². The van der Waals surface area contributed by atoms with E-state index in [-0.39, 0.29) is 19.0 Å². The number of hydrogen-bond donors (Lipinski definition) is 1. The molecule has 0 spiro atoms. The Bertz CT molecular complexity index is 970. The van der Waals surface area contributed by atoms with Gasteiger partial charge in [-0.3, -0.25) is 9.59 Å². The first-order valence-electron chi connectivity index (χ1n) is 24.0. The van der Waals surface area contributed by atoms with Crippen molar-refractivity contribution in [1.82, 2.24) is 10.2 Å². The van der Waals surface area contributed by atoms with Gasteiger partial charge < -0.3 is 24.4 Å². The van der Waals surface area contributed by atoms with Gasteiger partial charge in [-0.2, -0.15) is 0 Å². The van der Waals surface area contributed by atoms with Crippen molar-refractivity contribution in [2.24, 2.45) is 0 Å². The van der Waals surface area contributed by atoms with Crippen LogP contribution in [0.1, 0.15) is 220 Å². The van der Waals surface area contributed by atoms with Crippen LogP contribution in [0.3, 0.4) is 0 Å². The second-order valence-electron chi connectivity index (χ2n) is 16.1. The van der Waals surface area contributed by atoms with Crippen LogP contribution < -0.4 is 5.32 Å². The molecule has 0 heterocycles. The number of amides is 1. The van der Waals surface area contributed by atoms with Crippen molar-refractivity contribution in [3.05, 3.63) is 30.7 Å². The molecule has 2 atom stereocenters. The third-order valence-corrected chi connectivity index (χ3v) is 10.6. The summed E-state index contributed by atoms with van der Waals surface area (Å²) in [6.07, 6.45) is 41.3. The van der Waals surface area contributed by atoms with E-state index in [1.165, 1.54) is 89.9 Å². The topological polar surface area (TPSA) is 94.2 Å². The van der Waals surface area contributed by atoms with Crippen molar-refractivity contribution in [1.29, 1.82) is 0 Å². The summed E-state index contributed by atoms with van der Waals surface area (Å²) in [5.41, 5.74) is 0. The lowest BCUT2D eigenvalue weighted by Crippen LogP contribution is -2.36. The molecule has 1 radical (unpaired) electrons. The first-order chi connectivity index (χ1) is 27.9. The van der Waals surface area contributed by atoms with Gasteiger partial charge in [-0.25, -0.2) is 4.79 Å². The van der Waals surface area contributed by atoms with Gasteiger partial charge in [0.2, 0.25) is 0 Å². The minimum Gasteiger partial charge on any atom is -0.462 e. The number of hydrogen-bond acceptors (Lipinski definition) is 7. The minimum atomic E-state index is -0.552. The zero-order valence-electron chi connectivity index (χ0n) is 38.0. The van der Waals surface area contributed by atoms with Gasteiger partial charge in [0.25, 0.3) is 0 Å². The van der Waals surface area contributed by atoms with Gasteiger partial charge >= 0.3 is 18.0 Å². The number of esters is 2. The van der Waals surface area contributed by atoms with Gasteiger partial charge in [-0.1, -0.05) is 168 Å². The summed E-state index contributed by atoms with van der Waals surface area (Å²) in [7, 11) is 2.00. The largest absolute Gasteiger partial charge is 0.462 e. The van der Waals surface area contributed by atoms with E-state index in [1.807, 2.05) is 7.05 Å². The van der Waals surface area contributed by atoms with Crippen molar-refractivity contribution < 1.29 is 28.6 Å². The van der Waals surface area contributed by atoms with Gasteiger partial charge in [-0.05, 0) is 84.2 Å². The van der Waals surface area contributed by atoms with Crippen LogP contribution >= 0.6 is 0 Å². The first-order valence-corrected chi connectivity index (χ1v) is 24.0. The van der Waals surface area contributed by atoms with Crippen LogP contribution in [0.15, 0.2) is 24.3 Å². The highest BCUT2D eigenvalue weighted by Gasteiger charge is 2.23. The molecule has 0 aromatic heterocycles. The van der Waals surface area contributed by atoms with Crippen molar-refractivity contribution >= 4 is 18.0 Å². The molecule has 8 nitrogen and oxygen atoms in total. The SMILES string of the molecule is CC[CH]CCCCCCCCCC(COC(=O)CCCCCCC/C=C\C/C=C\CCCCC)OC(=O)CC(CCCCCCCC)OC(=O)NCCN(C)CC. The second-order valence-corrected chi connectivity index (χ2v) is 16.1. The molecule has 1 amide bonds. The van der Waals surface area contributed by atoms with Crippen LogP contribution in [-0.2, 0) is 23.8 Å². The first kappa shape index (κ1) is 54.6. The quantitative estimate of drug-likeness (QED) is 0.0284. The summed E-state index contributed by atoms with van der Waals surface area (Å²) in [4.78, 5) is 40.8. The Labute approximate surface area is 352 Å². The highest BCUT2D eigenvalue weighted by atomic mass is 16.6. The van der Waals surface area contributed by atoms with Crippen LogP contribution in [0, 0.1) is 6.42 Å². The average Bonchev–Trinajstić information content (AvgIpc) is 3.20. The maximum atomic E-state index is 13.3. The third kappa shape index (κ3) is 40.2. The summed E-state index contributed by atoms with van der Waals surface area (Å²) in [5, 5.41) is 2.83. The van der Waals surface area contributed by atoms with Crippen LogP contribution in [0.2, 0.25) is 0 Å². The van der Waals surface area contributed by atoms with Crippen LogP contribution in [0.4, 0.5) is 4.79 Å². The zero-order chi connectivity index (χ0) is 41.9. The molecular formula is C49H91N2O6. The molecule has 0 rings (SSSR count). The van der Waals surface area contributed by atoms with Crippen molar-refractivity contribution in [3.63, 3.8) is 0 Å². The van der Waals surface area contributed by atoms with Crippen molar-refractivity contribution in [2.45, 2.75) is 233 Å². The molecular weight excluding hydrogens is 713 g/mol. The molecule has 0 aliphatic rings. The van der Waals surface area contributed by atoms with Gasteiger partial charge in [0.15, 0.2) is 0 Å². The Hall–Kier alpha value is -2.35. The Kier molecular flexibility index (Phi) is 41.5. The Balaban J connectivity index is 4.88. The maximum Gasteiger partial charge on any atom is 0.407 e. The molecule has 0 aliphatic carbocycles. The zero-order valence-corrected chi connectivity index (χ0v) is 38.0. The van der Waals surface area contributed by atoms with Gasteiger partial charge in [0, 0.05) is 19.5 Å². The summed E-state index contributed by atoms with van der Waals surface area (Å²) in [6, 6.07) is 0. The highest BCUT2D eigenvalue weighted by molar-refractivity contribution is 5.72. The highest BCUT2D eigenvalue weighted by Crippen LogP contribution is 2.18. The molecule has 0 saturated carbocycles. The fourth-order valence-electron chi connectivity index (χ4n) is 6.74. The van der Waals surface area contributed by atoms with E-state index in [2.05, 4.69) is 68.6 Å². The van der Waals surface area contributed by atoms with Gasteiger partial charge in [0.05, 0.1) is 6.42 Å². The Morgan fingerprint density at radius 2 is 1.11 bits per heavy atom. The van der Waals surface area contributed by atoms with E-state index in [0.29, 0.717) is 25.8 Å². The summed E-state index contributed by atoms with van der Waals surface area (Å²) >= 11 is 0. The van der Waals surface area contributed by atoms with Crippen LogP contribution in [0.5, 0.6) is 0 Å². The van der Waals surface area contributed by atoms with Crippen LogP contribution in [0.25, 0.3) is 0 Å². The predicted molar refractivity (Wildman–Crippen MR) is 240 cm³/mol. The standard InChI is InChI=1S/C49H91N2O6/c1-6-10-13-16-19-21-23-24-25-26-27-29-31-34-37-40-47(52)55-44-46(39-36-33-30-28-22-20-17-14-11-7-2)56-48(53)43-45(38-35-32-18-15-12-8-3)57-49(54)50-41-42-51(5)9-4/h11,19,21,24-25,45-46H,6-10,12-18,20,22-23,26-44H2,1-5H3,(H,50,54)/b21-19-,25-24-. The summed E-state index contributed by atoms with van der Waals surface area (Å²) in [6.45, 7) is 10.9. The van der Waals surface area contributed by atoms with E-state index in [1.54, 1.807) is 0 Å². The molecule has 0 aromatic carbocycles. The number of rotatable bonds is 42. The fourth-order valence-corrected chi connectivity index (χ4v) is 6.74. The van der Waals surface area contributed by atoms with Crippen LogP contribution in [-0.4, -0.2) is 68.4 Å². The van der Waals surface area contributed by atoms with Crippen molar-refractivity contribution in [2.75, 3.05) is 33.3 Å². The minimum absolute atomic E-state index is 0.00309. The molecule has 0 saturated heterocycles. The second kappa shape index (κ2) is 43.2. The third-order valence-electron chi connectivity index (χ3n) is 10.6. The number of allylic oxidation sites excluding steroid dienone is 4. The maximum absolute atomic E-state index is 13.3. The Morgan fingerprint density at radius 3 is 1.72 bits per heavy atom. The molecule has 0 aliphatic heterocycles. The summed E-state index contributed by atoms with van der Waals surface area (Å²) in [5.74, 6) is -0.625. The van der Waals surface area contributed by atoms with Crippen molar-refractivity contribution in [3.8, 4) is 0 Å². The van der Waals surface area contributed by atoms with Gasteiger partial charge in [-0.15, -0.1) is 0 Å². The monoisotopic (exact) mass is 804 g/mol. The molecule has 0 bridgehead atoms. The lowest BCUT2D eigenvalue weighted by molar-refractivity contribution is -0.161. The van der Waals surface area contributed by atoms with E-state index >= 15 is 0 Å². The van der Waals surface area contributed by atoms with E-state index in [0.717, 1.165) is 90.1 Å². The molecule has 0 fully saturated rings. The molecule has 57 heavy (non-hydrogen) atoms. The molecule has 8 heteroatoms. The summed E-state index contributed by atoms with van der Waals surface area (Å²) < 4.78 is 17.4. The predicted octanol–water partition coefficient (Wildman–Crippen LogP) is 13.6. The molecule has 1 N–H and O–H groups in total. The Morgan fingerprint density at radius 1 is 0.579 bits per heavy atom. The van der Waals surface area contributed by atoms with E-state index in [4.69, 9.17) is 14.2 Å². The lowest BCUT2D eigenvalue weighted by atomic mass is 10.0. The number of nitrogens with zero attached hydrogens (tertiary/aromatic N) is 1. The number of ether oxygens (including phenoxy) is 3. The molecule has 333 valence electrons. The molecule has 2 unspecified atom stereocenters. The van der Waals surface area contributed by atoms with Gasteiger partial charge in [0.1, 0.15) is 18.8 Å². The average molecular weight is 804 g/mol. The molecule has 0 aromatic rings. The smallest absolute Gasteiger partial charge is 0.407 e. The lowest BCUT2D eigenvalue weighted by Gasteiger charge is -2.22. The van der Waals surface area contributed by atoms with E-state index in [9.17, 15) is 14.4 Å². The number of likely N-dealkylation sites (N-methyl/N-ethyl adjacent to an activating group) is 1. The normalized spacial score (nSPS) is 12.7. The number of nitrogens with one attached hydrogen (secondary N) is 1. The number of carbonyl (C=O) groups excluding carboxylic acids is 3. The number of unbranched alkanes of at least 4 members (excludes halogenated alkanes) is 22. The number of carbonyl (C=O) groups is 3. The number of alkyl carbamates (subject to hydrolysis) is 1. The fraction of sp³-hybridized carbons (Fsp3) is 0.837.